The molecule has 1 saturated heterocycles. The zero-order valence-corrected chi connectivity index (χ0v) is 24.4. The number of ether oxygens (including phenoxy) is 3. The van der Waals surface area contributed by atoms with Gasteiger partial charge in [0, 0.05) is 22.5 Å². The Balaban J connectivity index is 1.51. The molecule has 0 radical (unpaired) electrons. The highest BCUT2D eigenvalue weighted by atomic mass is 16.5. The maximum Gasteiger partial charge on any atom is 0.238 e. The number of anilines is 2. The van der Waals surface area contributed by atoms with Gasteiger partial charge in [-0.2, -0.15) is 0 Å². The minimum atomic E-state index is -1.41. The maximum absolute atomic E-state index is 15.0. The lowest BCUT2D eigenvalue weighted by Gasteiger charge is -2.37. The number of para-hydroxylation sites is 2. The van der Waals surface area contributed by atoms with Crippen LogP contribution in [0.5, 0.6) is 17.2 Å². The van der Waals surface area contributed by atoms with Gasteiger partial charge < -0.3 is 24.4 Å². The number of ketones is 2. The summed E-state index contributed by atoms with van der Waals surface area (Å²) in [5.41, 5.74) is 2.32. The molecular formula is C36H30N2O6. The number of benzene rings is 4. The Morgan fingerprint density at radius 1 is 0.773 bits per heavy atom. The van der Waals surface area contributed by atoms with Gasteiger partial charge >= 0.3 is 0 Å². The van der Waals surface area contributed by atoms with Crippen molar-refractivity contribution in [1.29, 1.82) is 0 Å². The molecule has 220 valence electrons. The van der Waals surface area contributed by atoms with Crippen LogP contribution in [0.1, 0.15) is 31.8 Å². The number of hydrogen-bond acceptors (Lipinski definition) is 7. The fourth-order valence-corrected chi connectivity index (χ4v) is 7.21. The van der Waals surface area contributed by atoms with Crippen LogP contribution >= 0.6 is 0 Å². The van der Waals surface area contributed by atoms with Crippen LogP contribution in [0, 0.1) is 5.92 Å². The molecule has 44 heavy (non-hydrogen) atoms. The van der Waals surface area contributed by atoms with Gasteiger partial charge in [-0.25, -0.2) is 0 Å². The van der Waals surface area contributed by atoms with E-state index in [-0.39, 0.29) is 17.5 Å². The van der Waals surface area contributed by atoms with Gasteiger partial charge in [0.05, 0.1) is 33.3 Å². The first-order valence-corrected chi connectivity index (χ1v) is 14.3. The molecule has 1 fully saturated rings. The molecular weight excluding hydrogens is 556 g/mol. The lowest BCUT2D eigenvalue weighted by molar-refractivity contribution is -0.121. The Bertz CT molecular complexity index is 1850. The second kappa shape index (κ2) is 10.4. The molecule has 8 heteroatoms. The number of hydrogen-bond donors (Lipinski definition) is 1. The van der Waals surface area contributed by atoms with Crippen molar-refractivity contribution in [3.05, 3.63) is 119 Å². The van der Waals surface area contributed by atoms with Crippen molar-refractivity contribution in [2.45, 2.75) is 17.5 Å². The number of rotatable bonds is 7. The van der Waals surface area contributed by atoms with E-state index in [1.165, 1.54) is 14.2 Å². The Labute approximate surface area is 254 Å². The third kappa shape index (κ3) is 3.80. The monoisotopic (exact) mass is 586 g/mol. The topological polar surface area (TPSA) is 94.2 Å². The van der Waals surface area contributed by atoms with E-state index in [2.05, 4.69) is 5.32 Å². The van der Waals surface area contributed by atoms with Crippen molar-refractivity contribution >= 4 is 34.9 Å². The van der Waals surface area contributed by atoms with Crippen LogP contribution < -0.4 is 24.4 Å². The Morgan fingerprint density at radius 2 is 1.48 bits per heavy atom. The van der Waals surface area contributed by atoms with Gasteiger partial charge in [-0.3, -0.25) is 14.4 Å². The highest BCUT2D eigenvalue weighted by molar-refractivity contribution is 6.18. The van der Waals surface area contributed by atoms with Gasteiger partial charge in [-0.05, 0) is 65.7 Å². The molecule has 7 rings (SSSR count). The van der Waals surface area contributed by atoms with Crippen molar-refractivity contribution in [2.24, 2.45) is 5.92 Å². The first-order valence-electron chi connectivity index (χ1n) is 14.3. The minimum absolute atomic E-state index is 0.268. The molecule has 3 aliphatic heterocycles. The van der Waals surface area contributed by atoms with Crippen molar-refractivity contribution < 1.29 is 28.6 Å². The van der Waals surface area contributed by atoms with Crippen molar-refractivity contribution in [1.82, 2.24) is 0 Å². The van der Waals surface area contributed by atoms with Gasteiger partial charge in [-0.1, -0.05) is 48.6 Å². The molecule has 8 nitrogen and oxygen atoms in total. The molecule has 1 amide bonds. The quantitative estimate of drug-likeness (QED) is 0.283. The van der Waals surface area contributed by atoms with E-state index in [1.54, 1.807) is 49.6 Å². The largest absolute Gasteiger partial charge is 0.497 e. The molecule has 0 saturated carbocycles. The van der Waals surface area contributed by atoms with Gasteiger partial charge in [0.2, 0.25) is 5.91 Å². The van der Waals surface area contributed by atoms with E-state index in [0.717, 1.165) is 11.3 Å². The molecule has 4 aromatic carbocycles. The second-order valence-electron chi connectivity index (χ2n) is 11.1. The summed E-state index contributed by atoms with van der Waals surface area (Å²) in [5.74, 6) is -0.575. The maximum atomic E-state index is 15.0. The SMILES string of the molecule is COc1ccc(C(=O)[C@H]2[C@@H](C(=O)c3ccc(OC)c(OC)c3)[C@]3(C(=O)Nc4ccccc43)[C@@H]3C=Cc4ccccc4N32)cc1. The Morgan fingerprint density at radius 3 is 2.23 bits per heavy atom. The van der Waals surface area contributed by atoms with Crippen LogP contribution in [0.25, 0.3) is 6.08 Å². The van der Waals surface area contributed by atoms with E-state index < -0.39 is 23.4 Å². The normalized spacial score (nSPS) is 22.6. The molecule has 0 bridgehead atoms. The third-order valence-electron chi connectivity index (χ3n) is 9.14. The summed E-state index contributed by atoms with van der Waals surface area (Å²) in [5, 5.41) is 3.05. The van der Waals surface area contributed by atoms with Crippen LogP contribution in [-0.4, -0.2) is 50.9 Å². The summed E-state index contributed by atoms with van der Waals surface area (Å²) in [6, 6.07) is 25.3. The van der Waals surface area contributed by atoms with Crippen molar-refractivity contribution in [3.8, 4) is 17.2 Å². The summed E-state index contributed by atoms with van der Waals surface area (Å²) in [6.45, 7) is 0. The minimum Gasteiger partial charge on any atom is -0.497 e. The summed E-state index contributed by atoms with van der Waals surface area (Å²) < 4.78 is 16.3. The molecule has 4 atom stereocenters. The van der Waals surface area contributed by atoms with Crippen LogP contribution in [-0.2, 0) is 10.2 Å². The molecule has 0 unspecified atom stereocenters. The average molecular weight is 587 g/mol. The predicted molar refractivity (Wildman–Crippen MR) is 167 cm³/mol. The number of fused-ring (bicyclic) bond motifs is 6. The van der Waals surface area contributed by atoms with E-state index in [4.69, 9.17) is 14.2 Å². The Hall–Kier alpha value is -5.37. The third-order valence-corrected chi connectivity index (χ3v) is 9.14. The lowest BCUT2D eigenvalue weighted by Crippen LogP contribution is -2.51. The molecule has 3 aliphatic rings. The van der Waals surface area contributed by atoms with E-state index in [9.17, 15) is 9.59 Å². The van der Waals surface area contributed by atoms with Crippen LogP contribution in [0.4, 0.5) is 11.4 Å². The number of carbonyl (C=O) groups is 3. The first kappa shape index (κ1) is 27.5. The van der Waals surface area contributed by atoms with E-state index >= 15 is 4.79 Å². The van der Waals surface area contributed by atoms with Gasteiger partial charge in [0.25, 0.3) is 0 Å². The number of methoxy groups -OCH3 is 3. The molecule has 1 spiro atoms. The van der Waals surface area contributed by atoms with Gasteiger partial charge in [0.1, 0.15) is 17.2 Å². The molecule has 0 aromatic heterocycles. The smallest absolute Gasteiger partial charge is 0.238 e. The lowest BCUT2D eigenvalue weighted by atomic mass is 9.64. The van der Waals surface area contributed by atoms with E-state index in [0.29, 0.717) is 39.6 Å². The van der Waals surface area contributed by atoms with Gasteiger partial charge in [0.15, 0.2) is 23.1 Å². The van der Waals surface area contributed by atoms with Gasteiger partial charge in [-0.15, -0.1) is 0 Å². The molecule has 4 aromatic rings. The predicted octanol–water partition coefficient (Wildman–Crippen LogP) is 5.57. The number of nitrogens with one attached hydrogen (secondary N) is 1. The summed E-state index contributed by atoms with van der Waals surface area (Å²) in [7, 11) is 4.59. The number of nitrogens with zero attached hydrogens (tertiary/aromatic N) is 1. The second-order valence-corrected chi connectivity index (χ2v) is 11.1. The summed E-state index contributed by atoms with van der Waals surface area (Å²) in [4.78, 5) is 46.3. The fourth-order valence-electron chi connectivity index (χ4n) is 7.21. The highest BCUT2D eigenvalue weighted by Gasteiger charge is 2.70. The number of amides is 1. The molecule has 3 heterocycles. The molecule has 1 N–H and O–H groups in total. The average Bonchev–Trinajstić information content (AvgIpc) is 3.55. The zero-order valence-electron chi connectivity index (χ0n) is 24.4. The standard InChI is InChI=1S/C36H30N2O6/c1-42-24-16-12-22(13-17-24)34(40)32-31(33(39)23-14-18-28(43-2)29(20-23)44-3)36(25-9-5-6-10-26(25)37-35(36)41)30-19-15-21-8-4-7-11-27(21)38(30)32/h4-20,30-32H,1-3H3,(H,37,41)/t30-,31-,32+,36+/m0/s1. The summed E-state index contributed by atoms with van der Waals surface area (Å²) >= 11 is 0. The van der Waals surface area contributed by atoms with Crippen molar-refractivity contribution in [3.63, 3.8) is 0 Å². The molecule has 0 aliphatic carbocycles. The van der Waals surface area contributed by atoms with E-state index in [1.807, 2.05) is 65.6 Å². The Kier molecular flexibility index (Phi) is 6.50. The number of Topliss-reactive ketones (excluding diaryl/α,β-unsaturated/α-hetero) is 2. The van der Waals surface area contributed by atoms with Crippen molar-refractivity contribution in [2.75, 3.05) is 31.5 Å². The zero-order chi connectivity index (χ0) is 30.6. The summed E-state index contributed by atoms with van der Waals surface area (Å²) in [6.07, 6.45) is 3.94. The first-order chi connectivity index (χ1) is 21.4. The fraction of sp³-hybridized carbons (Fsp3) is 0.194. The van der Waals surface area contributed by atoms with Crippen LogP contribution in [0.2, 0.25) is 0 Å². The van der Waals surface area contributed by atoms with Crippen LogP contribution in [0.15, 0.2) is 97.1 Å². The van der Waals surface area contributed by atoms with Crippen LogP contribution in [0.3, 0.4) is 0 Å². The number of carbonyl (C=O) groups excluding carboxylic acids is 3. The highest BCUT2D eigenvalue weighted by Crippen LogP contribution is 2.58.